The number of unbranched alkanes of at least 4 members (excludes halogenated alkanes) is 1. The minimum atomic E-state index is -0.621. The number of nitrogens with two attached hydrogens (primary N) is 1. The van der Waals surface area contributed by atoms with Gasteiger partial charge in [0.15, 0.2) is 5.17 Å². The van der Waals surface area contributed by atoms with Gasteiger partial charge >= 0.3 is 0 Å². The van der Waals surface area contributed by atoms with E-state index in [0.29, 0.717) is 11.4 Å². The van der Waals surface area contributed by atoms with Crippen LogP contribution < -0.4 is 15.4 Å². The maximum atomic E-state index is 12.8. The zero-order chi connectivity index (χ0) is 22.2. The number of hydrogen-bond donors (Lipinski definition) is 1. The summed E-state index contributed by atoms with van der Waals surface area (Å²) in [6.07, 6.45) is 2.88. The molecule has 31 heavy (non-hydrogen) atoms. The molecule has 0 radical (unpaired) electrons. The third kappa shape index (κ3) is 5.73. The molecule has 1 aliphatic rings. The summed E-state index contributed by atoms with van der Waals surface area (Å²) in [6.45, 7) is 2.12. The molecule has 162 valence electrons. The Bertz CT molecular complexity index is 974. The van der Waals surface area contributed by atoms with Gasteiger partial charge in [-0.25, -0.2) is 4.90 Å². The van der Waals surface area contributed by atoms with Crippen molar-refractivity contribution in [1.29, 1.82) is 0 Å². The standard InChI is InChI=1S/C23H26N4O3S/c1-3-4-10-19(16-8-6-5-7-9-16)25-26-23(24)31-20-15-21(28)27(22(20)29)17-11-13-18(30-2)14-12-17/h5-9,11-14,20H,3-4,10,15H2,1-2H3,(H2,24,26)/b25-19-/t20-/m0/s1. The first-order valence-electron chi connectivity index (χ1n) is 10.2. The van der Waals surface area contributed by atoms with Gasteiger partial charge in [0.1, 0.15) is 11.0 Å². The molecule has 2 amide bonds. The van der Waals surface area contributed by atoms with Crippen LogP contribution in [0.3, 0.4) is 0 Å². The Morgan fingerprint density at radius 3 is 2.48 bits per heavy atom. The summed E-state index contributed by atoms with van der Waals surface area (Å²) in [6, 6.07) is 16.6. The molecule has 2 aromatic rings. The summed E-state index contributed by atoms with van der Waals surface area (Å²) < 4.78 is 5.12. The molecule has 0 spiro atoms. The minimum Gasteiger partial charge on any atom is -0.497 e. The van der Waals surface area contributed by atoms with Gasteiger partial charge in [-0.3, -0.25) is 9.59 Å². The zero-order valence-corrected chi connectivity index (χ0v) is 18.5. The first kappa shape index (κ1) is 22.6. The number of nitrogens with zero attached hydrogens (tertiary/aromatic N) is 3. The zero-order valence-electron chi connectivity index (χ0n) is 17.7. The molecule has 2 N–H and O–H groups in total. The molecule has 0 saturated carbocycles. The van der Waals surface area contributed by atoms with Crippen molar-refractivity contribution >= 4 is 40.1 Å². The van der Waals surface area contributed by atoms with Crippen LogP contribution in [0.2, 0.25) is 0 Å². The van der Waals surface area contributed by atoms with Gasteiger partial charge in [-0.1, -0.05) is 55.4 Å². The van der Waals surface area contributed by atoms with Crippen LogP contribution in [-0.2, 0) is 9.59 Å². The van der Waals surface area contributed by atoms with Crippen LogP contribution in [0.25, 0.3) is 0 Å². The predicted octanol–water partition coefficient (Wildman–Crippen LogP) is 3.97. The van der Waals surface area contributed by atoms with Gasteiger partial charge in [0.05, 0.1) is 18.5 Å². The van der Waals surface area contributed by atoms with E-state index in [9.17, 15) is 9.59 Å². The van der Waals surface area contributed by atoms with Crippen molar-refractivity contribution < 1.29 is 14.3 Å². The SMILES string of the molecule is CCCC/C(=N/N=C(N)S[C@H]1CC(=O)N(c2ccc(OC)cc2)C1=O)c1ccccc1. The topological polar surface area (TPSA) is 97.3 Å². The van der Waals surface area contributed by atoms with E-state index in [-0.39, 0.29) is 23.4 Å². The number of ether oxygens (including phenoxy) is 1. The van der Waals surface area contributed by atoms with Crippen molar-refractivity contribution in [3.05, 3.63) is 60.2 Å². The van der Waals surface area contributed by atoms with Crippen molar-refractivity contribution in [2.45, 2.75) is 37.9 Å². The Labute approximate surface area is 186 Å². The fourth-order valence-electron chi connectivity index (χ4n) is 3.20. The Hall–Kier alpha value is -3.13. The Kier molecular flexibility index (Phi) is 7.83. The second-order valence-electron chi connectivity index (χ2n) is 7.03. The summed E-state index contributed by atoms with van der Waals surface area (Å²) in [7, 11) is 1.56. The van der Waals surface area contributed by atoms with Crippen LogP contribution in [0.1, 0.15) is 38.2 Å². The number of amidine groups is 1. The van der Waals surface area contributed by atoms with Crippen LogP contribution >= 0.6 is 11.8 Å². The number of hydrogen-bond acceptors (Lipinski definition) is 6. The highest BCUT2D eigenvalue weighted by molar-refractivity contribution is 8.14. The van der Waals surface area contributed by atoms with Gasteiger partial charge in [-0.05, 0) is 42.7 Å². The molecular formula is C23H26N4O3S. The van der Waals surface area contributed by atoms with Gasteiger partial charge in [0.25, 0.3) is 0 Å². The van der Waals surface area contributed by atoms with Crippen LogP contribution in [0.4, 0.5) is 5.69 Å². The molecule has 8 heteroatoms. The smallest absolute Gasteiger partial charge is 0.247 e. The first-order valence-corrected chi connectivity index (χ1v) is 11.0. The lowest BCUT2D eigenvalue weighted by Gasteiger charge is -2.15. The molecular weight excluding hydrogens is 412 g/mol. The van der Waals surface area contributed by atoms with Crippen molar-refractivity contribution in [3.63, 3.8) is 0 Å². The molecule has 0 bridgehead atoms. The van der Waals surface area contributed by atoms with E-state index in [1.807, 2.05) is 30.3 Å². The van der Waals surface area contributed by atoms with E-state index in [4.69, 9.17) is 10.5 Å². The molecule has 0 unspecified atom stereocenters. The molecule has 1 aliphatic heterocycles. The normalized spacial score (nSPS) is 17.4. The van der Waals surface area contributed by atoms with E-state index in [2.05, 4.69) is 17.1 Å². The third-order valence-electron chi connectivity index (χ3n) is 4.84. The average molecular weight is 439 g/mol. The number of methoxy groups -OCH3 is 1. The van der Waals surface area contributed by atoms with E-state index in [0.717, 1.165) is 42.3 Å². The molecule has 2 aromatic carbocycles. The van der Waals surface area contributed by atoms with Gasteiger partial charge in [0.2, 0.25) is 11.8 Å². The fourth-order valence-corrected chi connectivity index (χ4v) is 4.02. The third-order valence-corrected chi connectivity index (χ3v) is 5.82. The lowest BCUT2D eigenvalue weighted by molar-refractivity contribution is -0.121. The van der Waals surface area contributed by atoms with Gasteiger partial charge in [0, 0.05) is 6.42 Å². The quantitative estimate of drug-likeness (QED) is 0.291. The number of rotatable bonds is 8. The van der Waals surface area contributed by atoms with Crippen molar-refractivity contribution in [2.75, 3.05) is 12.0 Å². The second kappa shape index (κ2) is 10.8. The number of carbonyl (C=O) groups excluding carboxylic acids is 2. The van der Waals surface area contributed by atoms with E-state index < -0.39 is 5.25 Å². The highest BCUT2D eigenvalue weighted by Crippen LogP contribution is 2.30. The Morgan fingerprint density at radius 1 is 1.13 bits per heavy atom. The predicted molar refractivity (Wildman–Crippen MR) is 126 cm³/mol. The van der Waals surface area contributed by atoms with Crippen molar-refractivity contribution in [3.8, 4) is 5.75 Å². The number of thioether (sulfide) groups is 1. The Morgan fingerprint density at radius 2 is 1.84 bits per heavy atom. The average Bonchev–Trinajstić information content (AvgIpc) is 3.07. The second-order valence-corrected chi connectivity index (χ2v) is 8.25. The highest BCUT2D eigenvalue weighted by Gasteiger charge is 2.40. The molecule has 1 heterocycles. The molecule has 1 saturated heterocycles. The van der Waals surface area contributed by atoms with Crippen molar-refractivity contribution in [2.24, 2.45) is 15.9 Å². The summed E-state index contributed by atoms with van der Waals surface area (Å²) >= 11 is 1.07. The molecule has 7 nitrogen and oxygen atoms in total. The lowest BCUT2D eigenvalue weighted by Crippen LogP contribution is -2.31. The molecule has 1 fully saturated rings. The van der Waals surface area contributed by atoms with Crippen molar-refractivity contribution in [1.82, 2.24) is 0 Å². The van der Waals surface area contributed by atoms with Crippen LogP contribution in [0, 0.1) is 0 Å². The van der Waals surface area contributed by atoms with Gasteiger partial charge < -0.3 is 10.5 Å². The minimum absolute atomic E-state index is 0.0663. The van der Waals surface area contributed by atoms with Crippen LogP contribution in [-0.4, -0.2) is 35.1 Å². The molecule has 0 aromatic heterocycles. The van der Waals surface area contributed by atoms with Gasteiger partial charge in [-0.15, -0.1) is 5.10 Å². The number of carbonyl (C=O) groups is 2. The van der Waals surface area contributed by atoms with Crippen LogP contribution in [0.15, 0.2) is 64.8 Å². The lowest BCUT2D eigenvalue weighted by atomic mass is 10.1. The monoisotopic (exact) mass is 438 g/mol. The van der Waals surface area contributed by atoms with E-state index in [1.165, 1.54) is 4.90 Å². The highest BCUT2D eigenvalue weighted by atomic mass is 32.2. The van der Waals surface area contributed by atoms with E-state index >= 15 is 0 Å². The maximum Gasteiger partial charge on any atom is 0.247 e. The van der Waals surface area contributed by atoms with E-state index in [1.54, 1.807) is 31.4 Å². The summed E-state index contributed by atoms with van der Waals surface area (Å²) in [4.78, 5) is 26.5. The number of benzene rings is 2. The Balaban J connectivity index is 1.72. The fraction of sp³-hybridized carbons (Fsp3) is 0.304. The summed E-state index contributed by atoms with van der Waals surface area (Å²) in [5, 5.41) is 8.03. The molecule has 1 atom stereocenters. The molecule has 3 rings (SSSR count). The number of amides is 2. The summed E-state index contributed by atoms with van der Waals surface area (Å²) in [5.74, 6) is 0.0775. The maximum absolute atomic E-state index is 12.8. The first-order chi connectivity index (χ1) is 15.0. The van der Waals surface area contributed by atoms with Gasteiger partial charge in [-0.2, -0.15) is 5.10 Å². The summed E-state index contributed by atoms with van der Waals surface area (Å²) in [5.41, 5.74) is 8.40. The largest absolute Gasteiger partial charge is 0.497 e. The molecule has 0 aliphatic carbocycles. The van der Waals surface area contributed by atoms with Crippen LogP contribution in [0.5, 0.6) is 5.75 Å². The number of anilines is 1. The number of imide groups is 1.